The topological polar surface area (TPSA) is 94.0 Å². The number of ether oxygens (including phenoxy) is 1. The molecule has 3 aromatic rings. The average molecular weight is 378 g/mol. The lowest BCUT2D eigenvalue weighted by atomic mass is 10.3. The molecule has 3 rings (SSSR count). The Morgan fingerprint density at radius 3 is 2.52 bits per heavy atom. The molecule has 1 aromatic carbocycles. The van der Waals surface area contributed by atoms with Gasteiger partial charge in [0.2, 0.25) is 6.41 Å². The van der Waals surface area contributed by atoms with E-state index in [4.69, 9.17) is 0 Å². The summed E-state index contributed by atoms with van der Waals surface area (Å²) < 4.78 is 41.8. The molecule has 0 spiro atoms. The van der Waals surface area contributed by atoms with E-state index in [0.717, 1.165) is 0 Å². The van der Waals surface area contributed by atoms with Gasteiger partial charge in [0.15, 0.2) is 5.82 Å². The number of amides is 1. The van der Waals surface area contributed by atoms with Crippen LogP contribution in [0.4, 0.5) is 24.7 Å². The molecular formula is C16H13F3N6O2. The zero-order chi connectivity index (χ0) is 19.3. The third-order valence-corrected chi connectivity index (χ3v) is 3.29. The molecule has 27 heavy (non-hydrogen) atoms. The Kier molecular flexibility index (Phi) is 5.20. The lowest BCUT2D eigenvalue weighted by Gasteiger charge is -2.09. The number of anilines is 2. The van der Waals surface area contributed by atoms with Gasteiger partial charge in [-0.05, 0) is 36.4 Å². The van der Waals surface area contributed by atoms with Crippen molar-refractivity contribution < 1.29 is 22.7 Å². The lowest BCUT2D eigenvalue weighted by Crippen LogP contribution is -2.17. The molecule has 11 heteroatoms. The first-order valence-corrected chi connectivity index (χ1v) is 7.60. The van der Waals surface area contributed by atoms with Crippen LogP contribution in [-0.2, 0) is 11.3 Å². The fourth-order valence-electron chi connectivity index (χ4n) is 2.12. The first-order valence-electron chi connectivity index (χ1n) is 7.60. The fraction of sp³-hybridized carbons (Fsp3) is 0.125. The van der Waals surface area contributed by atoms with Gasteiger partial charge in [-0.15, -0.1) is 18.3 Å². The second-order valence-corrected chi connectivity index (χ2v) is 5.19. The molecule has 0 saturated heterocycles. The zero-order valence-corrected chi connectivity index (χ0v) is 13.6. The van der Waals surface area contributed by atoms with E-state index < -0.39 is 6.36 Å². The highest BCUT2D eigenvalue weighted by Gasteiger charge is 2.30. The van der Waals surface area contributed by atoms with Gasteiger partial charge in [-0.2, -0.15) is 0 Å². The van der Waals surface area contributed by atoms with Crippen molar-refractivity contribution in [3.05, 3.63) is 54.7 Å². The summed E-state index contributed by atoms with van der Waals surface area (Å²) >= 11 is 0. The molecule has 0 radical (unpaired) electrons. The van der Waals surface area contributed by atoms with Crippen LogP contribution >= 0.6 is 0 Å². The number of benzene rings is 1. The van der Waals surface area contributed by atoms with Crippen LogP contribution in [0.15, 0.2) is 48.9 Å². The fourth-order valence-corrected chi connectivity index (χ4v) is 2.12. The number of carbonyl (C=O) groups is 1. The highest BCUT2D eigenvalue weighted by Crippen LogP contribution is 2.23. The summed E-state index contributed by atoms with van der Waals surface area (Å²) in [5.74, 6) is 0.714. The van der Waals surface area contributed by atoms with Gasteiger partial charge in [0, 0.05) is 0 Å². The molecule has 2 N–H and O–H groups in total. The maximum Gasteiger partial charge on any atom is 0.573 e. The third kappa shape index (κ3) is 5.17. The van der Waals surface area contributed by atoms with Crippen molar-refractivity contribution in [1.82, 2.24) is 19.7 Å². The zero-order valence-electron chi connectivity index (χ0n) is 13.6. The number of aromatic nitrogens is 4. The van der Waals surface area contributed by atoms with Crippen molar-refractivity contribution in [2.45, 2.75) is 12.9 Å². The van der Waals surface area contributed by atoms with E-state index in [-0.39, 0.29) is 12.3 Å². The van der Waals surface area contributed by atoms with Gasteiger partial charge in [0.1, 0.15) is 17.9 Å². The minimum atomic E-state index is -4.73. The van der Waals surface area contributed by atoms with E-state index in [9.17, 15) is 18.0 Å². The summed E-state index contributed by atoms with van der Waals surface area (Å²) in [6.45, 7) is 0.287. The van der Waals surface area contributed by atoms with E-state index in [1.807, 2.05) is 0 Å². The van der Waals surface area contributed by atoms with Crippen LogP contribution in [-0.4, -0.2) is 32.5 Å². The van der Waals surface area contributed by atoms with Crippen molar-refractivity contribution in [2.75, 3.05) is 10.6 Å². The van der Waals surface area contributed by atoms with Crippen molar-refractivity contribution >= 4 is 17.9 Å². The number of pyridine rings is 1. The Labute approximate surface area is 151 Å². The number of hydrogen-bond acceptors (Lipinski definition) is 6. The number of rotatable bonds is 7. The molecule has 140 valence electrons. The van der Waals surface area contributed by atoms with E-state index in [1.165, 1.54) is 41.5 Å². The third-order valence-electron chi connectivity index (χ3n) is 3.29. The normalized spacial score (nSPS) is 11.1. The monoisotopic (exact) mass is 378 g/mol. The Hall–Kier alpha value is -3.63. The van der Waals surface area contributed by atoms with Crippen LogP contribution in [0.5, 0.6) is 5.75 Å². The molecule has 0 atom stereocenters. The number of alkyl halides is 3. The molecule has 2 heterocycles. The summed E-state index contributed by atoms with van der Waals surface area (Å²) in [5.41, 5.74) is 1.10. The van der Waals surface area contributed by atoms with Crippen LogP contribution in [0.1, 0.15) is 5.82 Å². The number of carbonyl (C=O) groups excluding carboxylic acids is 1. The Morgan fingerprint density at radius 2 is 1.89 bits per heavy atom. The van der Waals surface area contributed by atoms with Crippen LogP contribution in [0.3, 0.4) is 0 Å². The van der Waals surface area contributed by atoms with Gasteiger partial charge in [0.05, 0.1) is 24.1 Å². The second-order valence-electron chi connectivity index (χ2n) is 5.19. The predicted octanol–water partition coefficient (Wildman–Crippen LogP) is 2.74. The van der Waals surface area contributed by atoms with Gasteiger partial charge in [0.25, 0.3) is 0 Å². The molecule has 0 saturated carbocycles. The number of nitrogens with one attached hydrogen (secondary N) is 2. The van der Waals surface area contributed by atoms with E-state index in [1.54, 1.807) is 12.1 Å². The highest BCUT2D eigenvalue weighted by molar-refractivity contribution is 5.70. The predicted molar refractivity (Wildman–Crippen MR) is 89.3 cm³/mol. The van der Waals surface area contributed by atoms with Gasteiger partial charge in [-0.1, -0.05) is 0 Å². The van der Waals surface area contributed by atoms with Crippen molar-refractivity contribution in [2.24, 2.45) is 0 Å². The summed E-state index contributed by atoms with van der Waals surface area (Å²) in [5, 5.41) is 9.74. The van der Waals surface area contributed by atoms with Gasteiger partial charge in [-0.3, -0.25) is 4.79 Å². The molecule has 1 amide bonds. The highest BCUT2D eigenvalue weighted by atomic mass is 19.4. The molecular weight excluding hydrogens is 365 g/mol. The van der Waals surface area contributed by atoms with Gasteiger partial charge < -0.3 is 15.4 Å². The standard InChI is InChI=1S/C16H13F3N6O2/c17-16(18,19)27-13-4-2-12(3-5-13)25-9-22-15(24-25)8-21-14-6-1-11(7-20-14)23-10-26/h1-7,9-10H,8H2,(H,20,21)(H,23,26). The summed E-state index contributed by atoms with van der Waals surface area (Å²) in [6, 6.07) is 8.63. The van der Waals surface area contributed by atoms with Crippen molar-refractivity contribution in [3.63, 3.8) is 0 Å². The second kappa shape index (κ2) is 7.72. The molecule has 0 aliphatic heterocycles. The lowest BCUT2D eigenvalue weighted by molar-refractivity contribution is -0.274. The molecule has 0 aliphatic carbocycles. The summed E-state index contributed by atoms with van der Waals surface area (Å²) in [4.78, 5) is 18.6. The average Bonchev–Trinajstić information content (AvgIpc) is 3.10. The number of halogens is 3. The molecule has 2 aromatic heterocycles. The molecule has 0 unspecified atom stereocenters. The minimum Gasteiger partial charge on any atom is -0.406 e. The summed E-state index contributed by atoms with van der Waals surface area (Å²) in [6.07, 6.45) is -1.24. The van der Waals surface area contributed by atoms with Crippen molar-refractivity contribution in [1.29, 1.82) is 0 Å². The smallest absolute Gasteiger partial charge is 0.406 e. The van der Waals surface area contributed by atoms with Crippen LogP contribution in [0.2, 0.25) is 0 Å². The van der Waals surface area contributed by atoms with Crippen LogP contribution < -0.4 is 15.4 Å². The van der Waals surface area contributed by atoms with E-state index in [0.29, 0.717) is 29.4 Å². The molecule has 0 bridgehead atoms. The van der Waals surface area contributed by atoms with E-state index in [2.05, 4.69) is 30.4 Å². The van der Waals surface area contributed by atoms with Crippen molar-refractivity contribution in [3.8, 4) is 11.4 Å². The Morgan fingerprint density at radius 1 is 1.11 bits per heavy atom. The minimum absolute atomic E-state index is 0.287. The molecule has 0 fully saturated rings. The van der Waals surface area contributed by atoms with E-state index >= 15 is 0 Å². The van der Waals surface area contributed by atoms with Crippen LogP contribution in [0, 0.1) is 0 Å². The Balaban J connectivity index is 1.60. The molecule has 0 aliphatic rings. The van der Waals surface area contributed by atoms with Gasteiger partial charge in [-0.25, -0.2) is 14.6 Å². The Bertz CT molecular complexity index is 894. The maximum absolute atomic E-state index is 12.2. The number of hydrogen-bond donors (Lipinski definition) is 2. The van der Waals surface area contributed by atoms with Crippen LogP contribution in [0.25, 0.3) is 5.69 Å². The molecule has 8 nitrogen and oxygen atoms in total. The van der Waals surface area contributed by atoms with Gasteiger partial charge >= 0.3 is 6.36 Å². The summed E-state index contributed by atoms with van der Waals surface area (Å²) in [7, 11) is 0. The first-order chi connectivity index (χ1) is 12.9. The number of nitrogens with zero attached hydrogens (tertiary/aromatic N) is 4. The quantitative estimate of drug-likeness (QED) is 0.614. The first kappa shape index (κ1) is 18.2. The largest absolute Gasteiger partial charge is 0.573 e. The SMILES string of the molecule is O=CNc1ccc(NCc2ncn(-c3ccc(OC(F)(F)F)cc3)n2)nc1. The maximum atomic E-state index is 12.2.